The second kappa shape index (κ2) is 6.76. The van der Waals surface area contributed by atoms with E-state index in [-0.39, 0.29) is 18.3 Å². The zero-order valence-electron chi connectivity index (χ0n) is 13.2. The Labute approximate surface area is 139 Å². The molecule has 0 bridgehead atoms. The van der Waals surface area contributed by atoms with Crippen molar-refractivity contribution in [2.75, 3.05) is 0 Å². The summed E-state index contributed by atoms with van der Waals surface area (Å²) >= 11 is 0. The Kier molecular flexibility index (Phi) is 4.53. The molecular weight excluding hydrogens is 307 g/mol. The lowest BCUT2D eigenvalue weighted by molar-refractivity contribution is 0.0952. The molecular formula is C19H17FN2O2. The van der Waals surface area contributed by atoms with Crippen LogP contribution >= 0.6 is 0 Å². The van der Waals surface area contributed by atoms with Crippen LogP contribution in [0.3, 0.4) is 0 Å². The second-order valence-corrected chi connectivity index (χ2v) is 5.58. The lowest BCUT2D eigenvalue weighted by atomic mass is 10.1. The number of carbonyl (C=O) groups is 1. The first-order chi connectivity index (χ1) is 11.6. The van der Waals surface area contributed by atoms with Gasteiger partial charge in [0.2, 0.25) is 0 Å². The number of rotatable bonds is 4. The zero-order chi connectivity index (χ0) is 17.1. The van der Waals surface area contributed by atoms with Gasteiger partial charge in [0.1, 0.15) is 5.82 Å². The molecule has 1 amide bonds. The van der Waals surface area contributed by atoms with Gasteiger partial charge in [0.15, 0.2) is 0 Å². The average Bonchev–Trinajstić information content (AvgIpc) is 2.58. The number of amides is 1. The van der Waals surface area contributed by atoms with E-state index in [0.717, 1.165) is 11.1 Å². The Balaban J connectivity index is 1.89. The van der Waals surface area contributed by atoms with E-state index < -0.39 is 0 Å². The first kappa shape index (κ1) is 16.1. The molecule has 4 nitrogen and oxygen atoms in total. The van der Waals surface area contributed by atoms with E-state index in [9.17, 15) is 14.3 Å². The Morgan fingerprint density at radius 3 is 2.67 bits per heavy atom. The molecule has 24 heavy (non-hydrogen) atoms. The molecule has 0 saturated heterocycles. The summed E-state index contributed by atoms with van der Waals surface area (Å²) < 4.78 is 13.4. The van der Waals surface area contributed by atoms with Gasteiger partial charge >= 0.3 is 0 Å². The first-order valence-corrected chi connectivity index (χ1v) is 7.61. The van der Waals surface area contributed by atoms with Crippen molar-refractivity contribution < 1.29 is 14.3 Å². The molecule has 0 atom stereocenters. The zero-order valence-corrected chi connectivity index (χ0v) is 13.2. The summed E-state index contributed by atoms with van der Waals surface area (Å²) in [5.74, 6) is -0.645. The predicted octanol–water partition coefficient (Wildman–Crippen LogP) is 3.10. The van der Waals surface area contributed by atoms with Crippen molar-refractivity contribution in [2.24, 2.45) is 0 Å². The third-order valence-corrected chi connectivity index (χ3v) is 3.87. The van der Waals surface area contributed by atoms with E-state index in [0.29, 0.717) is 28.7 Å². The van der Waals surface area contributed by atoms with E-state index in [2.05, 4.69) is 10.3 Å². The predicted molar refractivity (Wildman–Crippen MR) is 90.0 cm³/mol. The number of aryl methyl sites for hydroxylation is 1. The van der Waals surface area contributed by atoms with E-state index in [1.54, 1.807) is 19.1 Å². The van der Waals surface area contributed by atoms with E-state index >= 15 is 0 Å². The minimum atomic E-state index is -0.385. The number of aromatic nitrogens is 1. The minimum Gasteiger partial charge on any atom is -0.392 e. The molecule has 0 fully saturated rings. The van der Waals surface area contributed by atoms with E-state index in [4.69, 9.17) is 0 Å². The van der Waals surface area contributed by atoms with Gasteiger partial charge in [-0.2, -0.15) is 0 Å². The molecule has 122 valence electrons. The van der Waals surface area contributed by atoms with Crippen LogP contribution in [0.15, 0.2) is 48.5 Å². The maximum absolute atomic E-state index is 13.4. The largest absolute Gasteiger partial charge is 0.392 e. The van der Waals surface area contributed by atoms with Crippen molar-refractivity contribution in [1.82, 2.24) is 10.3 Å². The fraction of sp³-hybridized carbons (Fsp3) is 0.158. The van der Waals surface area contributed by atoms with E-state index in [1.807, 2.05) is 24.3 Å². The quantitative estimate of drug-likeness (QED) is 0.775. The van der Waals surface area contributed by atoms with Crippen molar-refractivity contribution in [3.05, 3.63) is 76.7 Å². The number of fused-ring (bicyclic) bond motifs is 1. The van der Waals surface area contributed by atoms with Crippen molar-refractivity contribution in [3.8, 4) is 0 Å². The number of nitrogens with one attached hydrogen (secondary N) is 1. The maximum atomic E-state index is 13.4. The number of aliphatic hydroxyl groups excluding tert-OH is 1. The highest BCUT2D eigenvalue weighted by Gasteiger charge is 2.13. The van der Waals surface area contributed by atoms with Crippen molar-refractivity contribution in [1.29, 1.82) is 0 Å². The number of hydrogen-bond acceptors (Lipinski definition) is 3. The SMILES string of the molecule is Cc1cc(C(=O)NCc2ccccc2CO)c2ccc(F)cc2n1. The highest BCUT2D eigenvalue weighted by Crippen LogP contribution is 2.20. The Morgan fingerprint density at radius 1 is 1.17 bits per heavy atom. The lowest BCUT2D eigenvalue weighted by Gasteiger charge is -2.11. The Morgan fingerprint density at radius 2 is 1.92 bits per heavy atom. The molecule has 0 unspecified atom stereocenters. The highest BCUT2D eigenvalue weighted by atomic mass is 19.1. The van der Waals surface area contributed by atoms with Gasteiger partial charge < -0.3 is 10.4 Å². The number of benzene rings is 2. The molecule has 0 aliphatic carbocycles. The van der Waals surface area contributed by atoms with Crippen LogP contribution < -0.4 is 5.32 Å². The third-order valence-electron chi connectivity index (χ3n) is 3.87. The summed E-state index contributed by atoms with van der Waals surface area (Å²) in [5.41, 5.74) is 3.19. The van der Waals surface area contributed by atoms with Crippen LogP contribution in [-0.4, -0.2) is 16.0 Å². The molecule has 3 aromatic rings. The number of nitrogens with zero attached hydrogens (tertiary/aromatic N) is 1. The molecule has 5 heteroatoms. The highest BCUT2D eigenvalue weighted by molar-refractivity contribution is 6.06. The first-order valence-electron chi connectivity index (χ1n) is 7.61. The Hall–Kier alpha value is -2.79. The summed E-state index contributed by atoms with van der Waals surface area (Å²) in [7, 11) is 0. The molecule has 0 spiro atoms. The summed E-state index contributed by atoms with van der Waals surface area (Å²) in [4.78, 5) is 16.8. The van der Waals surface area contributed by atoms with Crippen LogP contribution in [0.25, 0.3) is 10.9 Å². The maximum Gasteiger partial charge on any atom is 0.252 e. The number of aliphatic hydroxyl groups is 1. The Bertz CT molecular complexity index is 904. The normalized spacial score (nSPS) is 10.8. The monoisotopic (exact) mass is 324 g/mol. The average molecular weight is 324 g/mol. The standard InChI is InChI=1S/C19H17FN2O2/c1-12-8-17(16-7-6-15(20)9-18(16)22-12)19(24)21-10-13-4-2-3-5-14(13)11-23/h2-9,23H,10-11H2,1H3,(H,21,24). The van der Waals surface area contributed by atoms with Crippen LogP contribution in [0.5, 0.6) is 0 Å². The smallest absolute Gasteiger partial charge is 0.252 e. The van der Waals surface area contributed by atoms with Crippen LogP contribution in [0.2, 0.25) is 0 Å². The fourth-order valence-electron chi connectivity index (χ4n) is 2.68. The molecule has 0 saturated carbocycles. The van der Waals surface area contributed by atoms with Gasteiger partial charge in [0.05, 0.1) is 17.7 Å². The van der Waals surface area contributed by atoms with Gasteiger partial charge in [-0.1, -0.05) is 24.3 Å². The van der Waals surface area contributed by atoms with Gasteiger partial charge in [-0.3, -0.25) is 9.78 Å². The van der Waals surface area contributed by atoms with Crippen molar-refractivity contribution >= 4 is 16.8 Å². The van der Waals surface area contributed by atoms with Gasteiger partial charge in [-0.05, 0) is 36.2 Å². The lowest BCUT2D eigenvalue weighted by Crippen LogP contribution is -2.24. The van der Waals surface area contributed by atoms with Crippen molar-refractivity contribution in [2.45, 2.75) is 20.1 Å². The van der Waals surface area contributed by atoms with Crippen LogP contribution in [0, 0.1) is 12.7 Å². The molecule has 0 aliphatic heterocycles. The van der Waals surface area contributed by atoms with E-state index in [1.165, 1.54) is 12.1 Å². The molecule has 0 aliphatic rings. The minimum absolute atomic E-state index is 0.0807. The fourth-order valence-corrected chi connectivity index (χ4v) is 2.68. The summed E-state index contributed by atoms with van der Waals surface area (Å²) in [6.45, 7) is 1.99. The number of carbonyl (C=O) groups excluding carboxylic acids is 1. The van der Waals surface area contributed by atoms with Crippen LogP contribution in [-0.2, 0) is 13.2 Å². The molecule has 2 aromatic carbocycles. The molecule has 1 heterocycles. The third kappa shape index (κ3) is 3.26. The molecule has 0 radical (unpaired) electrons. The summed E-state index contributed by atoms with van der Waals surface area (Å²) in [6, 6.07) is 13.3. The van der Waals surface area contributed by atoms with Gasteiger partial charge in [0.25, 0.3) is 5.91 Å². The van der Waals surface area contributed by atoms with Crippen molar-refractivity contribution in [3.63, 3.8) is 0 Å². The number of halogens is 1. The molecule has 1 aromatic heterocycles. The summed E-state index contributed by atoms with van der Waals surface area (Å²) in [5, 5.41) is 12.8. The number of hydrogen-bond donors (Lipinski definition) is 2. The number of pyridine rings is 1. The van der Waals surface area contributed by atoms with Gasteiger partial charge in [-0.15, -0.1) is 0 Å². The topological polar surface area (TPSA) is 62.2 Å². The molecule has 3 rings (SSSR count). The van der Waals surface area contributed by atoms with Gasteiger partial charge in [-0.25, -0.2) is 4.39 Å². The van der Waals surface area contributed by atoms with Crippen LogP contribution in [0.1, 0.15) is 27.2 Å². The summed E-state index contributed by atoms with van der Waals surface area (Å²) in [6.07, 6.45) is 0. The van der Waals surface area contributed by atoms with Crippen LogP contribution in [0.4, 0.5) is 4.39 Å². The molecule has 2 N–H and O–H groups in total. The second-order valence-electron chi connectivity index (χ2n) is 5.58. The van der Waals surface area contributed by atoms with Gasteiger partial charge in [0, 0.05) is 23.7 Å².